The van der Waals surface area contributed by atoms with Crippen LogP contribution in [0.5, 0.6) is 0 Å². The van der Waals surface area contributed by atoms with Gasteiger partial charge in [0.25, 0.3) is 0 Å². The van der Waals surface area contributed by atoms with Crippen molar-refractivity contribution in [3.8, 4) is 0 Å². The Morgan fingerprint density at radius 3 is 2.52 bits per heavy atom. The number of nitrogens with one attached hydrogen (secondary N) is 2. The molecule has 168 valence electrons. The summed E-state index contributed by atoms with van der Waals surface area (Å²) in [5.74, 6) is -3.93. The van der Waals surface area contributed by atoms with Gasteiger partial charge in [-0.2, -0.15) is 22.0 Å². The Hall–Kier alpha value is -2.60. The molecule has 7 nitrogen and oxygen atoms in total. The van der Waals surface area contributed by atoms with Crippen molar-refractivity contribution in [2.75, 3.05) is 16.9 Å². The number of fused-ring (bicyclic) bond motifs is 2. The van der Waals surface area contributed by atoms with Crippen LogP contribution in [0.25, 0.3) is 0 Å². The molecule has 2 aliphatic rings. The summed E-state index contributed by atoms with van der Waals surface area (Å²) < 4.78 is 64.7. The van der Waals surface area contributed by atoms with Crippen LogP contribution in [-0.2, 0) is 11.0 Å². The molecule has 2 aromatic rings. The van der Waals surface area contributed by atoms with E-state index < -0.39 is 42.2 Å². The predicted molar refractivity (Wildman–Crippen MR) is 101 cm³/mol. The van der Waals surface area contributed by atoms with Crippen LogP contribution in [0.2, 0.25) is 0 Å². The summed E-state index contributed by atoms with van der Waals surface area (Å²) in [5.41, 5.74) is 2.44. The van der Waals surface area contributed by atoms with Gasteiger partial charge in [-0.1, -0.05) is 19.9 Å². The van der Waals surface area contributed by atoms with E-state index in [0.717, 1.165) is 5.01 Å². The minimum absolute atomic E-state index is 0.223. The third kappa shape index (κ3) is 3.28. The number of nitrogens with zero attached hydrogens (tertiary/aromatic N) is 4. The van der Waals surface area contributed by atoms with Gasteiger partial charge in [0, 0.05) is 41.9 Å². The molecule has 0 radical (unpaired) electrons. The monoisotopic (exact) mass is 444 g/mol. The van der Waals surface area contributed by atoms with E-state index in [0.29, 0.717) is 16.9 Å². The van der Waals surface area contributed by atoms with Crippen molar-refractivity contribution in [2.24, 2.45) is 0 Å². The first-order chi connectivity index (χ1) is 14.3. The first kappa shape index (κ1) is 21.6. The van der Waals surface area contributed by atoms with E-state index in [-0.39, 0.29) is 11.6 Å². The van der Waals surface area contributed by atoms with E-state index in [9.17, 15) is 27.1 Å². The molecule has 2 unspecified atom stereocenters. The lowest BCUT2D eigenvalue weighted by atomic mass is 9.87. The quantitative estimate of drug-likeness (QED) is 0.625. The number of aromatic nitrogens is 3. The van der Waals surface area contributed by atoms with Crippen molar-refractivity contribution in [1.29, 1.82) is 0 Å². The predicted octanol–water partition coefficient (Wildman–Crippen LogP) is 3.07. The number of anilines is 2. The summed E-state index contributed by atoms with van der Waals surface area (Å²) >= 11 is 0. The SMILES string of the molecule is CC1(c2ncc3c(n2)NC(O)C3(C)C)NN(CCC(F)(F)C(F)(F)F)c2ncccc21. The number of hydrogen-bond donors (Lipinski definition) is 3. The van der Waals surface area contributed by atoms with Crippen molar-refractivity contribution in [3.05, 3.63) is 41.5 Å². The van der Waals surface area contributed by atoms with E-state index in [2.05, 4.69) is 25.7 Å². The van der Waals surface area contributed by atoms with Gasteiger partial charge in [0.05, 0.1) is 0 Å². The molecule has 0 amide bonds. The molecule has 2 aromatic heterocycles. The molecule has 0 bridgehead atoms. The second kappa shape index (κ2) is 6.70. The van der Waals surface area contributed by atoms with Crippen molar-refractivity contribution >= 4 is 11.6 Å². The normalized spacial score (nSPS) is 24.7. The smallest absolute Gasteiger partial charge is 0.373 e. The molecule has 12 heteroatoms. The fraction of sp³-hybridized carbons (Fsp3) is 0.526. The number of rotatable bonds is 4. The number of pyridine rings is 1. The lowest BCUT2D eigenvalue weighted by Gasteiger charge is -2.28. The van der Waals surface area contributed by atoms with Gasteiger partial charge < -0.3 is 10.4 Å². The molecule has 2 aliphatic heterocycles. The summed E-state index contributed by atoms with van der Waals surface area (Å²) in [6, 6.07) is 3.31. The highest BCUT2D eigenvalue weighted by atomic mass is 19.4. The lowest BCUT2D eigenvalue weighted by molar-refractivity contribution is -0.283. The van der Waals surface area contributed by atoms with E-state index >= 15 is 0 Å². The van der Waals surface area contributed by atoms with Gasteiger partial charge in [0.1, 0.15) is 23.4 Å². The van der Waals surface area contributed by atoms with Crippen LogP contribution < -0.4 is 15.8 Å². The van der Waals surface area contributed by atoms with Crippen molar-refractivity contribution in [3.63, 3.8) is 0 Å². The van der Waals surface area contributed by atoms with Gasteiger partial charge in [0.2, 0.25) is 0 Å². The second-order valence-corrected chi connectivity index (χ2v) is 8.44. The highest BCUT2D eigenvalue weighted by Crippen LogP contribution is 2.44. The Bertz CT molecular complexity index is 1010. The van der Waals surface area contributed by atoms with Crippen LogP contribution in [0.15, 0.2) is 24.5 Å². The standard InChI is InChI=1S/C19H21F5N6O/c1-16(2)11-9-26-14(27-12(11)28-15(16)31)17(3)10-5-4-7-25-13(10)30(29-17)8-6-18(20,21)19(22,23)24/h4-5,7,9,15,29,31H,6,8H2,1-3H3,(H,26,27,28). The Morgan fingerprint density at radius 1 is 1.13 bits per heavy atom. The summed E-state index contributed by atoms with van der Waals surface area (Å²) in [4.78, 5) is 13.1. The third-order valence-corrected chi connectivity index (χ3v) is 5.89. The van der Waals surface area contributed by atoms with Crippen LogP contribution in [0, 0.1) is 0 Å². The van der Waals surface area contributed by atoms with Crippen LogP contribution in [0.3, 0.4) is 0 Å². The molecule has 0 saturated carbocycles. The topological polar surface area (TPSA) is 86.2 Å². The maximum Gasteiger partial charge on any atom is 0.453 e. The highest BCUT2D eigenvalue weighted by molar-refractivity contribution is 5.59. The molecule has 0 saturated heterocycles. The number of halogens is 5. The first-order valence-corrected chi connectivity index (χ1v) is 9.55. The first-order valence-electron chi connectivity index (χ1n) is 9.55. The van der Waals surface area contributed by atoms with Crippen LogP contribution in [-0.4, -0.2) is 44.9 Å². The molecule has 2 atom stereocenters. The third-order valence-electron chi connectivity index (χ3n) is 5.89. The summed E-state index contributed by atoms with van der Waals surface area (Å²) in [6.45, 7) is 4.71. The number of hydrogen-bond acceptors (Lipinski definition) is 7. The average Bonchev–Trinajstić information content (AvgIpc) is 3.11. The molecule has 0 aliphatic carbocycles. The number of aliphatic hydroxyl groups is 1. The Morgan fingerprint density at radius 2 is 1.84 bits per heavy atom. The van der Waals surface area contributed by atoms with E-state index in [1.165, 1.54) is 6.20 Å². The fourth-order valence-corrected chi connectivity index (χ4v) is 3.77. The zero-order chi connectivity index (χ0) is 22.8. The van der Waals surface area contributed by atoms with Crippen LogP contribution in [0.1, 0.15) is 44.1 Å². The second-order valence-electron chi connectivity index (χ2n) is 8.44. The zero-order valence-corrected chi connectivity index (χ0v) is 16.9. The highest BCUT2D eigenvalue weighted by Gasteiger charge is 2.57. The molecule has 3 N–H and O–H groups in total. The maximum absolute atomic E-state index is 13.5. The van der Waals surface area contributed by atoms with Gasteiger partial charge >= 0.3 is 12.1 Å². The summed E-state index contributed by atoms with van der Waals surface area (Å²) in [6.07, 6.45) is -4.95. The van der Waals surface area contributed by atoms with Gasteiger partial charge in [-0.25, -0.2) is 20.4 Å². The molecular formula is C19H21F5N6O. The molecule has 0 aromatic carbocycles. The van der Waals surface area contributed by atoms with E-state index in [4.69, 9.17) is 0 Å². The van der Waals surface area contributed by atoms with E-state index in [1.54, 1.807) is 25.3 Å². The zero-order valence-electron chi connectivity index (χ0n) is 16.9. The molecule has 4 rings (SSSR count). The Kier molecular flexibility index (Phi) is 4.67. The van der Waals surface area contributed by atoms with Crippen LogP contribution in [0.4, 0.5) is 33.6 Å². The van der Waals surface area contributed by atoms with E-state index in [1.807, 2.05) is 13.8 Å². The maximum atomic E-state index is 13.5. The minimum atomic E-state index is -5.63. The van der Waals surface area contributed by atoms with Crippen LogP contribution >= 0.6 is 0 Å². The summed E-state index contributed by atoms with van der Waals surface area (Å²) in [7, 11) is 0. The number of aliphatic hydroxyl groups excluding tert-OH is 1. The van der Waals surface area contributed by atoms with Crippen molar-refractivity contribution < 1.29 is 27.1 Å². The minimum Gasteiger partial charge on any atom is -0.373 e. The Balaban J connectivity index is 1.67. The van der Waals surface area contributed by atoms with Gasteiger partial charge in [-0.3, -0.25) is 5.01 Å². The van der Waals surface area contributed by atoms with Gasteiger partial charge in [0.15, 0.2) is 5.82 Å². The number of hydrazine groups is 1. The largest absolute Gasteiger partial charge is 0.453 e. The molecule has 0 fully saturated rings. The number of alkyl halides is 5. The van der Waals surface area contributed by atoms with Gasteiger partial charge in [-0.15, -0.1) is 0 Å². The molecular weight excluding hydrogens is 423 g/mol. The summed E-state index contributed by atoms with van der Waals surface area (Å²) in [5, 5.41) is 14.3. The molecule has 31 heavy (non-hydrogen) atoms. The lowest BCUT2D eigenvalue weighted by Crippen LogP contribution is -2.48. The van der Waals surface area contributed by atoms with Gasteiger partial charge in [-0.05, 0) is 13.0 Å². The van der Waals surface area contributed by atoms with Crippen molar-refractivity contribution in [2.45, 2.75) is 56.5 Å². The molecule has 0 spiro atoms. The van der Waals surface area contributed by atoms with Crippen molar-refractivity contribution in [1.82, 2.24) is 20.4 Å². The average molecular weight is 444 g/mol. The molecule has 4 heterocycles. The fourth-order valence-electron chi connectivity index (χ4n) is 3.77. The Labute approximate surface area is 174 Å².